The van der Waals surface area contributed by atoms with Crippen molar-refractivity contribution in [1.29, 1.82) is 0 Å². The number of anilines is 1. The van der Waals surface area contributed by atoms with Crippen LogP contribution in [0, 0.1) is 6.92 Å². The number of rotatable bonds is 3. The summed E-state index contributed by atoms with van der Waals surface area (Å²) in [4.78, 5) is 12.2. The molecule has 6 nitrogen and oxygen atoms in total. The number of nitrogens with one attached hydrogen (secondary N) is 2. The number of aromatic amines is 1. The van der Waals surface area contributed by atoms with Crippen LogP contribution in [0.15, 0.2) is 36.5 Å². The third-order valence-corrected chi connectivity index (χ3v) is 3.70. The minimum atomic E-state index is -0.260. The average Bonchev–Trinajstić information content (AvgIpc) is 3.11. The number of benzene rings is 1. The number of hydrogen-bond donors (Lipinski definition) is 2. The topological polar surface area (TPSA) is 75.6 Å². The second-order valence-corrected chi connectivity index (χ2v) is 5.33. The molecule has 3 rings (SSSR count). The van der Waals surface area contributed by atoms with Gasteiger partial charge in [-0.25, -0.2) is 0 Å². The maximum Gasteiger partial charge on any atom is 0.273 e. The molecule has 0 spiro atoms. The summed E-state index contributed by atoms with van der Waals surface area (Å²) < 4.78 is 1.70. The number of amides is 1. The zero-order chi connectivity index (χ0) is 15.7. The summed E-state index contributed by atoms with van der Waals surface area (Å²) in [6.45, 7) is 1.88. The monoisotopic (exact) mass is 315 g/mol. The van der Waals surface area contributed by atoms with Crippen LogP contribution >= 0.6 is 11.6 Å². The number of hydrogen-bond acceptors (Lipinski definition) is 3. The molecule has 0 aliphatic carbocycles. The molecular formula is C15H14ClN5O. The smallest absolute Gasteiger partial charge is 0.273 e. The zero-order valence-electron chi connectivity index (χ0n) is 12.1. The number of nitrogens with zero attached hydrogens (tertiary/aromatic N) is 3. The minimum Gasteiger partial charge on any atom is -0.318 e. The summed E-state index contributed by atoms with van der Waals surface area (Å²) in [5.74, 6) is -0.260. The van der Waals surface area contributed by atoms with E-state index >= 15 is 0 Å². The standard InChI is InChI=1S/C15H14ClN5O/c1-9-14(8-17-21(9)2)18-15(22)13-7-12(19-20-13)10-3-5-11(16)6-4-10/h3-8H,1-2H3,(H,18,22)(H,19,20). The quantitative estimate of drug-likeness (QED) is 0.780. The van der Waals surface area contributed by atoms with E-state index in [9.17, 15) is 4.79 Å². The lowest BCUT2D eigenvalue weighted by atomic mass is 10.1. The van der Waals surface area contributed by atoms with Crippen molar-refractivity contribution in [2.24, 2.45) is 7.05 Å². The molecule has 2 N–H and O–H groups in total. The van der Waals surface area contributed by atoms with E-state index in [0.717, 1.165) is 11.3 Å². The molecule has 0 bridgehead atoms. The SMILES string of the molecule is Cc1c(NC(=O)c2cc(-c3ccc(Cl)cc3)n[nH]2)cnn1C. The largest absolute Gasteiger partial charge is 0.318 e. The molecule has 1 aromatic carbocycles. The zero-order valence-corrected chi connectivity index (χ0v) is 12.8. The Labute approximate surface area is 132 Å². The first-order valence-electron chi connectivity index (χ1n) is 6.66. The summed E-state index contributed by atoms with van der Waals surface area (Å²) in [5, 5.41) is 14.5. The number of carbonyl (C=O) groups excluding carboxylic acids is 1. The Morgan fingerprint density at radius 3 is 2.68 bits per heavy atom. The molecule has 7 heteroatoms. The molecule has 2 aromatic heterocycles. The predicted octanol–water partition coefficient (Wildman–Crippen LogP) is 3.02. The van der Waals surface area contributed by atoms with Crippen molar-refractivity contribution in [2.75, 3.05) is 5.32 Å². The molecule has 112 valence electrons. The fourth-order valence-corrected chi connectivity index (χ4v) is 2.14. The fourth-order valence-electron chi connectivity index (χ4n) is 2.02. The summed E-state index contributed by atoms with van der Waals surface area (Å²) >= 11 is 5.86. The van der Waals surface area contributed by atoms with Gasteiger partial charge in [-0.1, -0.05) is 23.7 Å². The Hall–Kier alpha value is -2.60. The second kappa shape index (κ2) is 5.65. The molecule has 22 heavy (non-hydrogen) atoms. The molecule has 0 fully saturated rings. The Balaban J connectivity index is 1.80. The lowest BCUT2D eigenvalue weighted by Crippen LogP contribution is -2.12. The molecule has 0 radical (unpaired) electrons. The number of halogens is 1. The lowest BCUT2D eigenvalue weighted by Gasteiger charge is -2.02. The van der Waals surface area contributed by atoms with Crippen LogP contribution in [0.25, 0.3) is 11.3 Å². The van der Waals surface area contributed by atoms with E-state index in [1.54, 1.807) is 29.1 Å². The van der Waals surface area contributed by atoms with E-state index in [2.05, 4.69) is 20.6 Å². The Morgan fingerprint density at radius 2 is 2.05 bits per heavy atom. The Morgan fingerprint density at radius 1 is 1.32 bits per heavy atom. The van der Waals surface area contributed by atoms with Crippen LogP contribution < -0.4 is 5.32 Å². The normalized spacial score (nSPS) is 10.7. The van der Waals surface area contributed by atoms with Crippen LogP contribution in [0.4, 0.5) is 5.69 Å². The second-order valence-electron chi connectivity index (χ2n) is 4.90. The van der Waals surface area contributed by atoms with Gasteiger partial charge in [-0.15, -0.1) is 0 Å². The third kappa shape index (κ3) is 2.73. The maximum atomic E-state index is 12.2. The molecule has 3 aromatic rings. The average molecular weight is 316 g/mol. The molecule has 2 heterocycles. The Kier molecular flexibility index (Phi) is 3.68. The third-order valence-electron chi connectivity index (χ3n) is 3.45. The summed E-state index contributed by atoms with van der Waals surface area (Å²) in [6, 6.07) is 8.97. The van der Waals surface area contributed by atoms with Gasteiger partial charge in [-0.05, 0) is 25.1 Å². The van der Waals surface area contributed by atoms with Crippen LogP contribution in [0.3, 0.4) is 0 Å². The van der Waals surface area contributed by atoms with Gasteiger partial charge in [0.05, 0.1) is 23.3 Å². The van der Waals surface area contributed by atoms with Crippen LogP contribution in [0.1, 0.15) is 16.2 Å². The van der Waals surface area contributed by atoms with Gasteiger partial charge >= 0.3 is 0 Å². The summed E-state index contributed by atoms with van der Waals surface area (Å²) in [7, 11) is 1.82. The van der Waals surface area contributed by atoms with E-state index in [1.807, 2.05) is 26.1 Å². The first-order valence-corrected chi connectivity index (χ1v) is 7.03. The van der Waals surface area contributed by atoms with Crippen molar-refractivity contribution in [1.82, 2.24) is 20.0 Å². The van der Waals surface area contributed by atoms with Crippen molar-refractivity contribution in [3.05, 3.63) is 52.9 Å². The van der Waals surface area contributed by atoms with Crippen LogP contribution in [-0.2, 0) is 7.05 Å². The Bertz CT molecular complexity index is 819. The number of carbonyl (C=O) groups is 1. The molecule has 0 atom stereocenters. The van der Waals surface area contributed by atoms with E-state index in [1.165, 1.54) is 0 Å². The highest BCUT2D eigenvalue weighted by Gasteiger charge is 2.13. The summed E-state index contributed by atoms with van der Waals surface area (Å²) in [6.07, 6.45) is 1.61. The van der Waals surface area contributed by atoms with Gasteiger partial charge in [0.25, 0.3) is 5.91 Å². The number of aryl methyl sites for hydroxylation is 1. The lowest BCUT2D eigenvalue weighted by molar-refractivity contribution is 0.102. The van der Waals surface area contributed by atoms with Crippen molar-refractivity contribution >= 4 is 23.2 Å². The van der Waals surface area contributed by atoms with E-state index in [-0.39, 0.29) is 5.91 Å². The first kappa shape index (κ1) is 14.3. The van der Waals surface area contributed by atoms with Crippen LogP contribution in [0.2, 0.25) is 5.02 Å². The predicted molar refractivity (Wildman–Crippen MR) is 84.9 cm³/mol. The van der Waals surface area contributed by atoms with Crippen LogP contribution in [-0.4, -0.2) is 25.9 Å². The highest BCUT2D eigenvalue weighted by Crippen LogP contribution is 2.21. The highest BCUT2D eigenvalue weighted by atomic mass is 35.5. The van der Waals surface area contributed by atoms with Gasteiger partial charge in [-0.2, -0.15) is 10.2 Å². The maximum absolute atomic E-state index is 12.2. The number of H-pyrrole nitrogens is 1. The van der Waals surface area contributed by atoms with Gasteiger partial charge in [0.1, 0.15) is 5.69 Å². The van der Waals surface area contributed by atoms with Gasteiger partial charge in [0.2, 0.25) is 0 Å². The van der Waals surface area contributed by atoms with E-state index in [4.69, 9.17) is 11.6 Å². The van der Waals surface area contributed by atoms with Crippen molar-refractivity contribution in [3.8, 4) is 11.3 Å². The first-order chi connectivity index (χ1) is 10.5. The number of aromatic nitrogens is 4. The fraction of sp³-hybridized carbons (Fsp3) is 0.133. The van der Waals surface area contributed by atoms with E-state index < -0.39 is 0 Å². The molecule has 0 unspecified atom stereocenters. The molecule has 0 saturated carbocycles. The van der Waals surface area contributed by atoms with Gasteiger partial charge in [0.15, 0.2) is 0 Å². The molecule has 0 saturated heterocycles. The molecule has 1 amide bonds. The van der Waals surface area contributed by atoms with Crippen molar-refractivity contribution in [2.45, 2.75) is 6.92 Å². The van der Waals surface area contributed by atoms with Gasteiger partial charge in [-0.3, -0.25) is 14.6 Å². The van der Waals surface area contributed by atoms with Crippen molar-refractivity contribution in [3.63, 3.8) is 0 Å². The molecule has 0 aliphatic heterocycles. The minimum absolute atomic E-state index is 0.260. The van der Waals surface area contributed by atoms with Gasteiger partial charge < -0.3 is 5.32 Å². The highest BCUT2D eigenvalue weighted by molar-refractivity contribution is 6.30. The van der Waals surface area contributed by atoms with Crippen LogP contribution in [0.5, 0.6) is 0 Å². The summed E-state index contributed by atoms with van der Waals surface area (Å²) in [5.41, 5.74) is 3.51. The molecular weight excluding hydrogens is 302 g/mol. The molecule has 0 aliphatic rings. The van der Waals surface area contributed by atoms with E-state index in [0.29, 0.717) is 22.1 Å². The van der Waals surface area contributed by atoms with Crippen molar-refractivity contribution < 1.29 is 4.79 Å². The van der Waals surface area contributed by atoms with Gasteiger partial charge in [0, 0.05) is 17.6 Å².